The first-order valence-electron chi connectivity index (χ1n) is 12.1. The molecule has 0 saturated carbocycles. The summed E-state index contributed by atoms with van der Waals surface area (Å²) in [6.07, 6.45) is 7.91. The number of carboxylic acid groups (broad SMARTS) is 1. The maximum atomic E-state index is 11.9. The molecule has 6 heteroatoms. The second kappa shape index (κ2) is 10.9. The van der Waals surface area contributed by atoms with Crippen molar-refractivity contribution in [1.29, 1.82) is 0 Å². The Bertz CT molecular complexity index is 889. The molecule has 32 heavy (non-hydrogen) atoms. The number of rotatable bonds is 10. The van der Waals surface area contributed by atoms with Crippen molar-refractivity contribution in [1.82, 2.24) is 14.8 Å². The van der Waals surface area contributed by atoms with E-state index >= 15 is 0 Å². The fourth-order valence-electron chi connectivity index (χ4n) is 5.04. The Morgan fingerprint density at radius 3 is 2.88 bits per heavy atom. The number of likely N-dealkylation sites (N-methyl/N-ethyl adjacent to an activating group) is 1. The first-order chi connectivity index (χ1) is 15.6. The number of nitrogens with one attached hydrogen (secondary N) is 1. The maximum Gasteiger partial charge on any atom is 0.325 e. The van der Waals surface area contributed by atoms with E-state index in [-0.39, 0.29) is 0 Å². The minimum absolute atomic E-state index is 0.425. The number of aliphatic carboxylic acids is 1. The Kier molecular flexibility index (Phi) is 7.76. The number of carbonyl (C=O) groups is 1. The van der Waals surface area contributed by atoms with Gasteiger partial charge in [0.1, 0.15) is 11.9 Å². The number of fused-ring (bicyclic) bond motifs is 1. The lowest BCUT2D eigenvalue weighted by Gasteiger charge is -2.27. The summed E-state index contributed by atoms with van der Waals surface area (Å²) in [4.78, 5) is 21.3. The van der Waals surface area contributed by atoms with Gasteiger partial charge in [0.15, 0.2) is 0 Å². The largest absolute Gasteiger partial charge is 0.480 e. The van der Waals surface area contributed by atoms with Gasteiger partial charge in [0.25, 0.3) is 0 Å². The highest BCUT2D eigenvalue weighted by Gasteiger charge is 2.34. The number of benzene rings is 1. The van der Waals surface area contributed by atoms with Crippen LogP contribution in [0.5, 0.6) is 0 Å². The molecular formula is C26H36N4O2. The van der Waals surface area contributed by atoms with Crippen molar-refractivity contribution in [2.24, 2.45) is 0 Å². The molecule has 2 aliphatic heterocycles. The summed E-state index contributed by atoms with van der Waals surface area (Å²) in [7, 11) is 2.18. The smallest absolute Gasteiger partial charge is 0.325 e. The molecule has 3 heterocycles. The van der Waals surface area contributed by atoms with Gasteiger partial charge in [-0.25, -0.2) is 4.98 Å². The Labute approximate surface area is 191 Å². The van der Waals surface area contributed by atoms with Crippen LogP contribution in [0, 0.1) is 0 Å². The topological polar surface area (TPSA) is 68.7 Å². The molecule has 2 aliphatic rings. The molecule has 0 radical (unpaired) electrons. The predicted molar refractivity (Wildman–Crippen MR) is 128 cm³/mol. The minimum Gasteiger partial charge on any atom is -0.480 e. The van der Waals surface area contributed by atoms with Crippen molar-refractivity contribution in [3.05, 3.63) is 59.3 Å². The molecule has 2 aromatic rings. The van der Waals surface area contributed by atoms with Gasteiger partial charge in [-0.15, -0.1) is 0 Å². The van der Waals surface area contributed by atoms with Crippen molar-refractivity contribution in [2.75, 3.05) is 38.5 Å². The average Bonchev–Trinajstić information content (AvgIpc) is 3.29. The molecule has 0 spiro atoms. The summed E-state index contributed by atoms with van der Waals surface area (Å²) in [6, 6.07) is 13.9. The highest BCUT2D eigenvalue weighted by molar-refractivity contribution is 5.75. The lowest BCUT2D eigenvalue weighted by molar-refractivity contribution is -0.143. The molecule has 0 unspecified atom stereocenters. The van der Waals surface area contributed by atoms with Gasteiger partial charge in [0.2, 0.25) is 0 Å². The number of anilines is 1. The van der Waals surface area contributed by atoms with Gasteiger partial charge in [0, 0.05) is 31.4 Å². The van der Waals surface area contributed by atoms with Crippen LogP contribution in [0.2, 0.25) is 0 Å². The first kappa shape index (κ1) is 22.7. The van der Waals surface area contributed by atoms with E-state index in [0.29, 0.717) is 6.04 Å². The molecule has 2 N–H and O–H groups in total. The van der Waals surface area contributed by atoms with Crippen molar-refractivity contribution >= 4 is 11.8 Å². The number of unbranched alkanes of at least 4 members (excludes halogenated alkanes) is 2. The van der Waals surface area contributed by atoms with E-state index in [0.717, 1.165) is 69.7 Å². The number of likely N-dealkylation sites (tertiary alicyclic amines) is 1. The number of aromatic nitrogens is 1. The second-order valence-electron chi connectivity index (χ2n) is 9.22. The van der Waals surface area contributed by atoms with Gasteiger partial charge in [-0.1, -0.05) is 42.8 Å². The van der Waals surface area contributed by atoms with E-state index < -0.39 is 12.0 Å². The van der Waals surface area contributed by atoms with Crippen molar-refractivity contribution in [3.63, 3.8) is 0 Å². The number of nitrogens with zero attached hydrogens (tertiary/aromatic N) is 3. The standard InChI is InChI=1S/C26H36N4O2/c1-29(17-7-3-6-12-22-14-13-21-11-8-16-27-25(21)28-22)23-15-18-30(19-23)24(26(31)32)20-9-4-2-5-10-20/h2,4-5,9-10,13-14,23-24H,3,6-8,11-12,15-19H2,1H3,(H,27,28)(H,31,32)/t23-,24+/m1/s1. The average molecular weight is 437 g/mol. The number of hydrogen-bond donors (Lipinski definition) is 2. The van der Waals surface area contributed by atoms with E-state index in [1.807, 2.05) is 30.3 Å². The van der Waals surface area contributed by atoms with E-state index in [2.05, 4.69) is 34.3 Å². The maximum absolute atomic E-state index is 11.9. The molecule has 1 fully saturated rings. The van der Waals surface area contributed by atoms with Crippen LogP contribution in [0.25, 0.3) is 0 Å². The Morgan fingerprint density at radius 1 is 1.22 bits per heavy atom. The zero-order chi connectivity index (χ0) is 22.3. The lowest BCUT2D eigenvalue weighted by atomic mass is 10.1. The zero-order valence-corrected chi connectivity index (χ0v) is 19.2. The Balaban J connectivity index is 1.19. The summed E-state index contributed by atoms with van der Waals surface area (Å²) in [5.41, 5.74) is 3.41. The SMILES string of the molecule is CN(CCCCCc1ccc2c(n1)NCCC2)[C@@H]1CCN([C@H](C(=O)O)c2ccccc2)C1. The molecular weight excluding hydrogens is 400 g/mol. The third kappa shape index (κ3) is 5.67. The van der Waals surface area contributed by atoms with Crippen molar-refractivity contribution in [2.45, 2.75) is 57.0 Å². The van der Waals surface area contributed by atoms with Crippen LogP contribution in [-0.4, -0.2) is 65.1 Å². The molecule has 1 aromatic heterocycles. The van der Waals surface area contributed by atoms with E-state index in [1.54, 1.807) is 0 Å². The number of hydrogen-bond acceptors (Lipinski definition) is 5. The van der Waals surface area contributed by atoms with Gasteiger partial charge in [-0.2, -0.15) is 0 Å². The van der Waals surface area contributed by atoms with Crippen LogP contribution in [-0.2, 0) is 17.6 Å². The molecule has 2 atom stereocenters. The number of aryl methyl sites for hydroxylation is 2. The van der Waals surface area contributed by atoms with E-state index in [4.69, 9.17) is 4.98 Å². The highest BCUT2D eigenvalue weighted by atomic mass is 16.4. The highest BCUT2D eigenvalue weighted by Crippen LogP contribution is 2.27. The summed E-state index contributed by atoms with van der Waals surface area (Å²) in [6.45, 7) is 3.74. The van der Waals surface area contributed by atoms with Crippen LogP contribution < -0.4 is 5.32 Å². The van der Waals surface area contributed by atoms with Gasteiger partial charge in [-0.05, 0) is 69.3 Å². The summed E-state index contributed by atoms with van der Waals surface area (Å²) in [5, 5.41) is 13.2. The molecule has 0 bridgehead atoms. The fraction of sp³-hybridized carbons (Fsp3) is 0.538. The molecule has 6 nitrogen and oxygen atoms in total. The van der Waals surface area contributed by atoms with Crippen LogP contribution in [0.1, 0.15) is 55.0 Å². The van der Waals surface area contributed by atoms with Gasteiger partial charge in [0.05, 0.1) is 0 Å². The third-order valence-electron chi connectivity index (χ3n) is 6.93. The van der Waals surface area contributed by atoms with Crippen LogP contribution >= 0.6 is 0 Å². The molecule has 0 aliphatic carbocycles. The monoisotopic (exact) mass is 436 g/mol. The van der Waals surface area contributed by atoms with Crippen LogP contribution in [0.3, 0.4) is 0 Å². The second-order valence-corrected chi connectivity index (χ2v) is 9.22. The Hall–Kier alpha value is -2.44. The summed E-state index contributed by atoms with van der Waals surface area (Å²) < 4.78 is 0. The van der Waals surface area contributed by atoms with E-state index in [9.17, 15) is 9.90 Å². The first-order valence-corrected chi connectivity index (χ1v) is 12.1. The number of carboxylic acids is 1. The molecule has 172 valence electrons. The third-order valence-corrected chi connectivity index (χ3v) is 6.93. The van der Waals surface area contributed by atoms with Crippen LogP contribution in [0.4, 0.5) is 5.82 Å². The van der Waals surface area contributed by atoms with Gasteiger partial charge >= 0.3 is 5.97 Å². The lowest BCUT2D eigenvalue weighted by Crippen LogP contribution is -2.38. The van der Waals surface area contributed by atoms with Crippen LogP contribution in [0.15, 0.2) is 42.5 Å². The summed E-state index contributed by atoms with van der Waals surface area (Å²) >= 11 is 0. The fourth-order valence-corrected chi connectivity index (χ4v) is 5.04. The molecule has 0 amide bonds. The quantitative estimate of drug-likeness (QED) is 0.549. The number of pyridine rings is 1. The predicted octanol–water partition coefficient (Wildman–Crippen LogP) is 3.98. The molecule has 4 rings (SSSR count). The van der Waals surface area contributed by atoms with Gasteiger partial charge in [-0.3, -0.25) is 9.69 Å². The molecule has 1 saturated heterocycles. The van der Waals surface area contributed by atoms with Crippen molar-refractivity contribution < 1.29 is 9.90 Å². The van der Waals surface area contributed by atoms with E-state index in [1.165, 1.54) is 24.1 Å². The molecule has 1 aromatic carbocycles. The summed E-state index contributed by atoms with van der Waals surface area (Å²) in [5.74, 6) is 0.333. The van der Waals surface area contributed by atoms with Gasteiger partial charge < -0.3 is 15.3 Å². The van der Waals surface area contributed by atoms with Crippen molar-refractivity contribution in [3.8, 4) is 0 Å². The minimum atomic E-state index is -0.759. The Morgan fingerprint density at radius 2 is 2.06 bits per heavy atom. The normalized spacial score (nSPS) is 19.5. The zero-order valence-electron chi connectivity index (χ0n) is 19.2.